The molecule has 106 valence electrons. The molecule has 0 spiro atoms. The molecule has 0 heterocycles. The molecule has 2 heteroatoms. The van der Waals surface area contributed by atoms with E-state index < -0.39 is 0 Å². The SMILES string of the molecule is CCC(c1ccccc1)C(N)c1cc(C)c(Br)cc1C. The van der Waals surface area contributed by atoms with E-state index in [0.29, 0.717) is 5.92 Å². The smallest absolute Gasteiger partial charge is 0.0367 e. The molecule has 2 rings (SSSR count). The second kappa shape index (κ2) is 6.55. The summed E-state index contributed by atoms with van der Waals surface area (Å²) in [5.74, 6) is 0.357. The van der Waals surface area contributed by atoms with Gasteiger partial charge in [-0.05, 0) is 48.6 Å². The van der Waals surface area contributed by atoms with Gasteiger partial charge in [-0.2, -0.15) is 0 Å². The summed E-state index contributed by atoms with van der Waals surface area (Å²) < 4.78 is 1.15. The Kier molecular flexibility index (Phi) is 5.00. The van der Waals surface area contributed by atoms with Crippen LogP contribution in [0.2, 0.25) is 0 Å². The maximum atomic E-state index is 6.59. The van der Waals surface area contributed by atoms with Gasteiger partial charge >= 0.3 is 0 Å². The number of aryl methyl sites for hydroxylation is 2. The summed E-state index contributed by atoms with van der Waals surface area (Å²) in [5.41, 5.74) is 11.7. The Morgan fingerprint density at radius 3 is 2.30 bits per heavy atom. The van der Waals surface area contributed by atoms with Gasteiger partial charge in [-0.15, -0.1) is 0 Å². The monoisotopic (exact) mass is 331 g/mol. The van der Waals surface area contributed by atoms with Crippen molar-refractivity contribution in [3.05, 3.63) is 69.2 Å². The molecule has 2 unspecified atom stereocenters. The van der Waals surface area contributed by atoms with Crippen LogP contribution in [0.1, 0.15) is 47.6 Å². The highest BCUT2D eigenvalue weighted by molar-refractivity contribution is 9.10. The number of benzene rings is 2. The molecule has 0 radical (unpaired) electrons. The third-order valence-corrected chi connectivity index (χ3v) is 4.86. The average molecular weight is 332 g/mol. The molecule has 1 nitrogen and oxygen atoms in total. The molecule has 0 bridgehead atoms. The van der Waals surface area contributed by atoms with Crippen molar-refractivity contribution in [2.45, 2.75) is 39.2 Å². The number of hydrogen-bond donors (Lipinski definition) is 1. The average Bonchev–Trinajstić information content (AvgIpc) is 2.44. The summed E-state index contributed by atoms with van der Waals surface area (Å²) in [5, 5.41) is 0. The predicted molar refractivity (Wildman–Crippen MR) is 90.0 cm³/mol. The largest absolute Gasteiger partial charge is 0.323 e. The minimum atomic E-state index is 0.0363. The van der Waals surface area contributed by atoms with Crippen LogP contribution >= 0.6 is 15.9 Å². The van der Waals surface area contributed by atoms with Gasteiger partial charge in [0.05, 0.1) is 0 Å². The van der Waals surface area contributed by atoms with E-state index in [0.717, 1.165) is 10.9 Å². The normalized spacial score (nSPS) is 14.1. The zero-order chi connectivity index (χ0) is 14.7. The fourth-order valence-electron chi connectivity index (χ4n) is 2.78. The van der Waals surface area contributed by atoms with E-state index in [9.17, 15) is 0 Å². The van der Waals surface area contributed by atoms with Gasteiger partial charge < -0.3 is 5.73 Å². The fraction of sp³-hybridized carbons (Fsp3) is 0.333. The van der Waals surface area contributed by atoms with E-state index in [1.54, 1.807) is 0 Å². The topological polar surface area (TPSA) is 26.0 Å². The number of rotatable bonds is 4. The first-order chi connectivity index (χ1) is 9.54. The lowest BCUT2D eigenvalue weighted by atomic mass is 9.84. The van der Waals surface area contributed by atoms with E-state index in [-0.39, 0.29) is 6.04 Å². The van der Waals surface area contributed by atoms with Crippen LogP contribution in [0.4, 0.5) is 0 Å². The molecule has 0 aromatic heterocycles. The van der Waals surface area contributed by atoms with Crippen LogP contribution in [0.5, 0.6) is 0 Å². The highest BCUT2D eigenvalue weighted by Gasteiger charge is 2.21. The third kappa shape index (κ3) is 3.13. The Morgan fingerprint density at radius 1 is 1.05 bits per heavy atom. The van der Waals surface area contributed by atoms with E-state index in [1.165, 1.54) is 22.3 Å². The van der Waals surface area contributed by atoms with Crippen LogP contribution < -0.4 is 5.73 Å². The Balaban J connectivity index is 2.39. The third-order valence-electron chi connectivity index (χ3n) is 4.01. The number of hydrogen-bond acceptors (Lipinski definition) is 1. The molecule has 0 fully saturated rings. The molecule has 2 atom stereocenters. The first kappa shape index (κ1) is 15.3. The summed E-state index contributed by atoms with van der Waals surface area (Å²) in [6.07, 6.45) is 1.04. The standard InChI is InChI=1S/C18H22BrN/c1-4-15(14-8-6-5-7-9-14)18(20)16-10-13(3)17(19)11-12(16)2/h5-11,15,18H,4,20H2,1-3H3. The van der Waals surface area contributed by atoms with Crippen LogP contribution in [0, 0.1) is 13.8 Å². The molecule has 2 aromatic rings. The van der Waals surface area contributed by atoms with Crippen molar-refractivity contribution in [2.24, 2.45) is 5.73 Å². The van der Waals surface area contributed by atoms with Crippen LogP contribution in [-0.2, 0) is 0 Å². The highest BCUT2D eigenvalue weighted by Crippen LogP contribution is 2.34. The maximum absolute atomic E-state index is 6.59. The molecule has 0 saturated carbocycles. The van der Waals surface area contributed by atoms with Gasteiger partial charge in [0.15, 0.2) is 0 Å². The summed E-state index contributed by atoms with van der Waals surface area (Å²) >= 11 is 3.59. The Labute approximate surface area is 130 Å². The summed E-state index contributed by atoms with van der Waals surface area (Å²) in [4.78, 5) is 0. The van der Waals surface area contributed by atoms with Crippen molar-refractivity contribution >= 4 is 15.9 Å². The molecular weight excluding hydrogens is 310 g/mol. The second-order valence-electron chi connectivity index (χ2n) is 5.41. The van der Waals surface area contributed by atoms with Gasteiger partial charge in [-0.3, -0.25) is 0 Å². The second-order valence-corrected chi connectivity index (χ2v) is 6.26. The van der Waals surface area contributed by atoms with Crippen molar-refractivity contribution in [1.82, 2.24) is 0 Å². The molecule has 20 heavy (non-hydrogen) atoms. The van der Waals surface area contributed by atoms with Crippen LogP contribution in [0.3, 0.4) is 0 Å². The molecule has 0 amide bonds. The van der Waals surface area contributed by atoms with Gasteiger partial charge in [-0.25, -0.2) is 0 Å². The van der Waals surface area contributed by atoms with Crippen molar-refractivity contribution in [1.29, 1.82) is 0 Å². The highest BCUT2D eigenvalue weighted by atomic mass is 79.9. The predicted octanol–water partition coefficient (Wildman–Crippen LogP) is 5.26. The van der Waals surface area contributed by atoms with E-state index in [1.807, 2.05) is 0 Å². The maximum Gasteiger partial charge on any atom is 0.0367 e. The van der Waals surface area contributed by atoms with Crippen molar-refractivity contribution in [3.8, 4) is 0 Å². The zero-order valence-corrected chi connectivity index (χ0v) is 13.9. The van der Waals surface area contributed by atoms with Gasteiger partial charge in [0.2, 0.25) is 0 Å². The molecule has 0 aliphatic heterocycles. The van der Waals surface area contributed by atoms with Gasteiger partial charge in [0.1, 0.15) is 0 Å². The fourth-order valence-corrected chi connectivity index (χ4v) is 3.23. The quantitative estimate of drug-likeness (QED) is 0.812. The molecular formula is C18H22BrN. The Hall–Kier alpha value is -1.12. The molecule has 2 N–H and O–H groups in total. The number of halogens is 1. The lowest BCUT2D eigenvalue weighted by Gasteiger charge is -2.25. The molecule has 2 aromatic carbocycles. The number of nitrogens with two attached hydrogens (primary N) is 1. The molecule has 0 aliphatic carbocycles. The summed E-state index contributed by atoms with van der Waals surface area (Å²) in [6, 6.07) is 15.0. The Bertz CT molecular complexity index is 577. The minimum absolute atomic E-state index is 0.0363. The first-order valence-corrected chi connectivity index (χ1v) is 7.91. The van der Waals surface area contributed by atoms with E-state index in [4.69, 9.17) is 5.73 Å². The van der Waals surface area contributed by atoms with Gasteiger partial charge in [-0.1, -0.05) is 59.3 Å². The first-order valence-electron chi connectivity index (χ1n) is 7.11. The zero-order valence-electron chi connectivity index (χ0n) is 12.4. The van der Waals surface area contributed by atoms with Crippen LogP contribution in [0.25, 0.3) is 0 Å². The summed E-state index contributed by atoms with van der Waals surface area (Å²) in [6.45, 7) is 6.46. The molecule has 0 saturated heterocycles. The van der Waals surface area contributed by atoms with Crippen molar-refractivity contribution in [3.63, 3.8) is 0 Å². The lowest BCUT2D eigenvalue weighted by Crippen LogP contribution is -2.20. The van der Waals surface area contributed by atoms with Crippen molar-refractivity contribution < 1.29 is 0 Å². The van der Waals surface area contributed by atoms with Gasteiger partial charge in [0, 0.05) is 16.4 Å². The lowest BCUT2D eigenvalue weighted by molar-refractivity contribution is 0.537. The van der Waals surface area contributed by atoms with Crippen LogP contribution in [0.15, 0.2) is 46.9 Å². The van der Waals surface area contributed by atoms with Crippen LogP contribution in [-0.4, -0.2) is 0 Å². The summed E-state index contributed by atoms with van der Waals surface area (Å²) in [7, 11) is 0. The van der Waals surface area contributed by atoms with E-state index in [2.05, 4.69) is 79.2 Å². The Morgan fingerprint density at radius 2 is 1.70 bits per heavy atom. The van der Waals surface area contributed by atoms with E-state index >= 15 is 0 Å². The molecule has 0 aliphatic rings. The van der Waals surface area contributed by atoms with Gasteiger partial charge in [0.25, 0.3) is 0 Å². The minimum Gasteiger partial charge on any atom is -0.323 e. The van der Waals surface area contributed by atoms with Crippen molar-refractivity contribution in [2.75, 3.05) is 0 Å².